The van der Waals surface area contributed by atoms with Gasteiger partial charge in [0, 0.05) is 25.0 Å². The molecule has 0 radical (unpaired) electrons. The average molecular weight is 348 g/mol. The van der Waals surface area contributed by atoms with E-state index in [0.717, 1.165) is 23.2 Å². The second kappa shape index (κ2) is 6.34. The van der Waals surface area contributed by atoms with Gasteiger partial charge in [-0.25, -0.2) is 4.98 Å². The van der Waals surface area contributed by atoms with Crippen LogP contribution in [0, 0.1) is 5.92 Å². The van der Waals surface area contributed by atoms with Crippen molar-refractivity contribution in [1.29, 1.82) is 0 Å². The van der Waals surface area contributed by atoms with E-state index in [0.29, 0.717) is 19.1 Å². The van der Waals surface area contributed by atoms with Gasteiger partial charge in [0.15, 0.2) is 0 Å². The maximum Gasteiger partial charge on any atom is 0.236 e. The van der Waals surface area contributed by atoms with Crippen molar-refractivity contribution < 1.29 is 4.79 Å². The fraction of sp³-hybridized carbons (Fsp3) is 0.529. The summed E-state index contributed by atoms with van der Waals surface area (Å²) in [5.41, 5.74) is 0.984. The van der Waals surface area contributed by atoms with Crippen molar-refractivity contribution in [1.82, 2.24) is 14.8 Å². The van der Waals surface area contributed by atoms with E-state index in [1.54, 1.807) is 22.7 Å². The van der Waals surface area contributed by atoms with Crippen LogP contribution in [0.5, 0.6) is 0 Å². The van der Waals surface area contributed by atoms with Crippen molar-refractivity contribution >= 4 is 28.6 Å². The van der Waals surface area contributed by atoms with Crippen molar-refractivity contribution in [2.75, 3.05) is 20.1 Å². The number of thiazole rings is 1. The molecule has 2 aromatic rings. The van der Waals surface area contributed by atoms with Crippen LogP contribution in [0.25, 0.3) is 9.88 Å². The lowest BCUT2D eigenvalue weighted by Crippen LogP contribution is -2.41. The zero-order chi connectivity index (χ0) is 15.8. The molecule has 122 valence electrons. The molecule has 0 spiro atoms. The van der Waals surface area contributed by atoms with E-state index in [9.17, 15) is 4.79 Å². The van der Waals surface area contributed by atoms with Crippen molar-refractivity contribution in [3.05, 3.63) is 28.6 Å². The summed E-state index contributed by atoms with van der Waals surface area (Å²) >= 11 is 3.36. The molecule has 1 aliphatic heterocycles. The zero-order valence-electron chi connectivity index (χ0n) is 13.3. The molecular weight excluding hydrogens is 326 g/mol. The Balaban J connectivity index is 1.34. The number of rotatable bonds is 5. The molecule has 0 N–H and O–H groups in total. The number of likely N-dealkylation sites (N-methyl/N-ethyl adjacent to an activating group) is 1. The number of thiophene rings is 1. The van der Waals surface area contributed by atoms with Gasteiger partial charge < -0.3 is 4.90 Å². The third-order valence-corrected chi connectivity index (χ3v) is 6.90. The number of likely N-dealkylation sites (tertiary alicyclic amines) is 1. The number of hydrogen-bond donors (Lipinski definition) is 0. The van der Waals surface area contributed by atoms with E-state index in [2.05, 4.69) is 26.7 Å². The van der Waals surface area contributed by atoms with Crippen LogP contribution in [-0.2, 0) is 11.3 Å². The lowest BCUT2D eigenvalue weighted by atomic mass is 10.1. The average Bonchev–Trinajstić information content (AvgIpc) is 3.31. The smallest absolute Gasteiger partial charge is 0.236 e. The Morgan fingerprint density at radius 1 is 1.43 bits per heavy atom. The van der Waals surface area contributed by atoms with Crippen LogP contribution in [-0.4, -0.2) is 46.9 Å². The predicted molar refractivity (Wildman–Crippen MR) is 94.6 cm³/mol. The molecule has 1 aliphatic carbocycles. The van der Waals surface area contributed by atoms with Gasteiger partial charge in [-0.05, 0) is 36.6 Å². The lowest BCUT2D eigenvalue weighted by molar-refractivity contribution is -0.132. The Morgan fingerprint density at radius 3 is 3.04 bits per heavy atom. The fourth-order valence-corrected chi connectivity index (χ4v) is 5.36. The molecule has 0 aromatic carbocycles. The first-order valence-corrected chi connectivity index (χ1v) is 9.91. The van der Waals surface area contributed by atoms with Gasteiger partial charge in [-0.3, -0.25) is 9.69 Å². The highest BCUT2D eigenvalue weighted by molar-refractivity contribution is 7.20. The summed E-state index contributed by atoms with van der Waals surface area (Å²) in [6.45, 7) is 2.28. The molecule has 23 heavy (non-hydrogen) atoms. The highest BCUT2D eigenvalue weighted by Crippen LogP contribution is 2.37. The largest absolute Gasteiger partial charge is 0.339 e. The molecule has 4 rings (SSSR count). The monoisotopic (exact) mass is 347 g/mol. The highest BCUT2D eigenvalue weighted by Gasteiger charge is 2.38. The maximum atomic E-state index is 12.5. The molecule has 1 saturated carbocycles. The summed E-state index contributed by atoms with van der Waals surface area (Å²) in [6.07, 6.45) is 3.93. The quantitative estimate of drug-likeness (QED) is 0.832. The van der Waals surface area contributed by atoms with Crippen molar-refractivity contribution in [2.45, 2.75) is 31.8 Å². The van der Waals surface area contributed by atoms with Gasteiger partial charge in [0.05, 0.1) is 23.7 Å². The van der Waals surface area contributed by atoms with Crippen LogP contribution in [0.1, 0.15) is 25.0 Å². The number of fused-ring (bicyclic) bond motifs is 2. The van der Waals surface area contributed by atoms with E-state index in [1.807, 2.05) is 18.0 Å². The molecule has 2 aliphatic rings. The highest BCUT2D eigenvalue weighted by atomic mass is 32.1. The van der Waals surface area contributed by atoms with Crippen molar-refractivity contribution in [2.24, 2.45) is 5.92 Å². The zero-order valence-corrected chi connectivity index (χ0v) is 14.9. The Kier molecular flexibility index (Phi) is 4.22. The Morgan fingerprint density at radius 2 is 2.35 bits per heavy atom. The van der Waals surface area contributed by atoms with E-state index in [-0.39, 0.29) is 5.91 Å². The Bertz CT molecular complexity index is 682. The van der Waals surface area contributed by atoms with Gasteiger partial charge >= 0.3 is 0 Å². The van der Waals surface area contributed by atoms with Crippen LogP contribution < -0.4 is 0 Å². The summed E-state index contributed by atoms with van der Waals surface area (Å²) in [5.74, 6) is 1.05. The van der Waals surface area contributed by atoms with Crippen LogP contribution in [0.15, 0.2) is 22.9 Å². The van der Waals surface area contributed by atoms with Crippen molar-refractivity contribution in [3.63, 3.8) is 0 Å². The second-order valence-corrected chi connectivity index (χ2v) is 8.44. The molecule has 1 saturated heterocycles. The van der Waals surface area contributed by atoms with Crippen LogP contribution >= 0.6 is 22.7 Å². The number of carbonyl (C=O) groups excluding carboxylic acids is 1. The first kappa shape index (κ1) is 15.3. The molecular formula is C17H21N3OS2. The van der Waals surface area contributed by atoms with E-state index >= 15 is 0 Å². The minimum absolute atomic E-state index is 0.211. The Hall–Kier alpha value is -1.24. The minimum Gasteiger partial charge on any atom is -0.339 e. The van der Waals surface area contributed by atoms with E-state index in [4.69, 9.17) is 0 Å². The van der Waals surface area contributed by atoms with Crippen LogP contribution in [0.3, 0.4) is 0 Å². The number of hydrogen-bond acceptors (Lipinski definition) is 5. The van der Waals surface area contributed by atoms with Crippen LogP contribution in [0.4, 0.5) is 0 Å². The van der Waals surface area contributed by atoms with Gasteiger partial charge in [0.2, 0.25) is 5.91 Å². The molecule has 0 unspecified atom stereocenters. The van der Waals surface area contributed by atoms with Gasteiger partial charge in [-0.1, -0.05) is 6.07 Å². The Labute approximate surface area is 144 Å². The first-order valence-electron chi connectivity index (χ1n) is 8.15. The molecule has 1 amide bonds. The summed E-state index contributed by atoms with van der Waals surface area (Å²) in [4.78, 5) is 22.5. The van der Waals surface area contributed by atoms with Gasteiger partial charge in [0.25, 0.3) is 0 Å². The fourth-order valence-electron chi connectivity index (χ4n) is 3.74. The maximum absolute atomic E-state index is 12.5. The summed E-state index contributed by atoms with van der Waals surface area (Å²) < 4.78 is 0. The molecule has 2 atom stereocenters. The molecule has 2 bridgehead atoms. The summed E-state index contributed by atoms with van der Waals surface area (Å²) in [7, 11) is 1.89. The van der Waals surface area contributed by atoms with Gasteiger partial charge in [-0.15, -0.1) is 22.7 Å². The number of piperidine rings is 1. The molecule has 3 heterocycles. The number of aromatic nitrogens is 1. The third-order valence-electron chi connectivity index (χ3n) is 4.97. The lowest BCUT2D eigenvalue weighted by Gasteiger charge is -2.28. The molecule has 2 aromatic heterocycles. The summed E-state index contributed by atoms with van der Waals surface area (Å²) in [6, 6.07) is 4.78. The van der Waals surface area contributed by atoms with E-state index in [1.165, 1.54) is 24.1 Å². The normalized spacial score (nSPS) is 23.5. The first-order chi connectivity index (χ1) is 11.2. The topological polar surface area (TPSA) is 36.4 Å². The van der Waals surface area contributed by atoms with Crippen LogP contribution in [0.2, 0.25) is 0 Å². The molecule has 2 fully saturated rings. The number of nitrogens with zero attached hydrogens (tertiary/aromatic N) is 3. The van der Waals surface area contributed by atoms with Gasteiger partial charge in [-0.2, -0.15) is 0 Å². The standard InChI is InChI=1S/C17H21N3OS2/c1-19(16(21)10-20-8-12-4-5-14(20)7-12)9-13-11-23-17(18-13)15-3-2-6-22-15/h2-3,6,11-12,14H,4-5,7-10H2,1H3/t12-,14+/m1/s1. The third kappa shape index (κ3) is 3.20. The van der Waals surface area contributed by atoms with Gasteiger partial charge in [0.1, 0.15) is 5.01 Å². The summed E-state index contributed by atoms with van der Waals surface area (Å²) in [5, 5.41) is 5.18. The number of amides is 1. The van der Waals surface area contributed by atoms with Crippen molar-refractivity contribution in [3.8, 4) is 9.88 Å². The second-order valence-electron chi connectivity index (χ2n) is 6.63. The van der Waals surface area contributed by atoms with E-state index < -0.39 is 0 Å². The molecule has 4 nitrogen and oxygen atoms in total. The number of carbonyl (C=O) groups is 1. The SMILES string of the molecule is CN(Cc1csc(-c2cccs2)n1)C(=O)CN1C[C@@H]2CC[C@H]1C2. The molecule has 6 heteroatoms. The minimum atomic E-state index is 0.211. The predicted octanol–water partition coefficient (Wildman–Crippen LogP) is 3.31.